The standard InChI is InChI=1S/C24H27FN6O3/c1-14-18(6-7-21(25)30-14)19-8-16(10-29-23(33)34-24(3,4)5)9-20(31-19)22(32)28-13-17-11-26-15(2)27-12-17/h6-9,11-12H,10,13H2,1-5H3,(H,28,32)(H,29,33). The van der Waals surface area contributed by atoms with E-state index in [1.807, 2.05) is 0 Å². The van der Waals surface area contributed by atoms with Crippen LogP contribution in [-0.4, -0.2) is 37.5 Å². The summed E-state index contributed by atoms with van der Waals surface area (Å²) in [5, 5.41) is 5.47. The van der Waals surface area contributed by atoms with Crippen LogP contribution in [0.5, 0.6) is 0 Å². The van der Waals surface area contributed by atoms with Crippen LogP contribution in [0.3, 0.4) is 0 Å². The van der Waals surface area contributed by atoms with Crippen molar-refractivity contribution in [3.05, 3.63) is 70.9 Å². The molecular weight excluding hydrogens is 439 g/mol. The predicted octanol–water partition coefficient (Wildman–Crippen LogP) is 3.64. The lowest BCUT2D eigenvalue weighted by molar-refractivity contribution is 0.0523. The van der Waals surface area contributed by atoms with Crippen molar-refractivity contribution in [3.8, 4) is 11.3 Å². The number of alkyl carbamates (subject to hydrolysis) is 1. The number of nitrogens with zero attached hydrogens (tertiary/aromatic N) is 4. The number of aromatic nitrogens is 4. The second-order valence-corrected chi connectivity index (χ2v) is 8.69. The summed E-state index contributed by atoms with van der Waals surface area (Å²) in [7, 11) is 0. The molecule has 0 aliphatic heterocycles. The summed E-state index contributed by atoms with van der Waals surface area (Å²) in [5.74, 6) is -0.397. The van der Waals surface area contributed by atoms with Gasteiger partial charge in [-0.2, -0.15) is 4.39 Å². The Morgan fingerprint density at radius 2 is 1.65 bits per heavy atom. The van der Waals surface area contributed by atoms with E-state index < -0.39 is 23.5 Å². The van der Waals surface area contributed by atoms with Crippen molar-refractivity contribution < 1.29 is 18.7 Å². The molecule has 0 fully saturated rings. The van der Waals surface area contributed by atoms with Crippen molar-refractivity contribution in [3.63, 3.8) is 0 Å². The molecule has 34 heavy (non-hydrogen) atoms. The molecule has 0 aromatic carbocycles. The summed E-state index contributed by atoms with van der Waals surface area (Å²) in [6.07, 6.45) is 2.68. The van der Waals surface area contributed by atoms with Gasteiger partial charge in [-0.3, -0.25) is 4.79 Å². The maximum atomic E-state index is 13.5. The molecule has 0 spiro atoms. The van der Waals surface area contributed by atoms with Gasteiger partial charge in [0.25, 0.3) is 5.91 Å². The van der Waals surface area contributed by atoms with Crippen molar-refractivity contribution in [1.82, 2.24) is 30.6 Å². The molecule has 9 nitrogen and oxygen atoms in total. The van der Waals surface area contributed by atoms with Crippen molar-refractivity contribution >= 4 is 12.0 Å². The molecule has 3 aromatic heterocycles. The number of ether oxygens (including phenoxy) is 1. The smallest absolute Gasteiger partial charge is 0.407 e. The van der Waals surface area contributed by atoms with Crippen LogP contribution in [0.25, 0.3) is 11.3 Å². The molecule has 10 heteroatoms. The molecule has 0 aliphatic carbocycles. The van der Waals surface area contributed by atoms with E-state index in [0.717, 1.165) is 5.56 Å². The Kier molecular flexibility index (Phi) is 7.50. The highest BCUT2D eigenvalue weighted by atomic mass is 19.1. The van der Waals surface area contributed by atoms with E-state index >= 15 is 0 Å². The van der Waals surface area contributed by atoms with E-state index in [4.69, 9.17) is 4.74 Å². The molecule has 0 saturated heterocycles. The summed E-state index contributed by atoms with van der Waals surface area (Å²) < 4.78 is 18.8. The zero-order valence-corrected chi connectivity index (χ0v) is 19.8. The Balaban J connectivity index is 1.86. The largest absolute Gasteiger partial charge is 0.444 e. The highest BCUT2D eigenvalue weighted by Gasteiger charge is 2.17. The Bertz CT molecular complexity index is 1190. The molecule has 0 bridgehead atoms. The monoisotopic (exact) mass is 466 g/mol. The molecule has 3 heterocycles. The second kappa shape index (κ2) is 10.3. The van der Waals surface area contributed by atoms with E-state index in [0.29, 0.717) is 28.3 Å². The van der Waals surface area contributed by atoms with E-state index in [9.17, 15) is 14.0 Å². The van der Waals surface area contributed by atoms with Crippen LogP contribution in [-0.2, 0) is 17.8 Å². The number of halogens is 1. The van der Waals surface area contributed by atoms with Gasteiger partial charge < -0.3 is 15.4 Å². The third-order valence-corrected chi connectivity index (χ3v) is 4.57. The summed E-state index contributed by atoms with van der Waals surface area (Å²) in [5.41, 5.74) is 2.26. The predicted molar refractivity (Wildman–Crippen MR) is 123 cm³/mol. The van der Waals surface area contributed by atoms with Gasteiger partial charge in [-0.1, -0.05) is 0 Å². The van der Waals surface area contributed by atoms with Gasteiger partial charge in [0.2, 0.25) is 5.95 Å². The first kappa shape index (κ1) is 24.7. The summed E-state index contributed by atoms with van der Waals surface area (Å²) in [6.45, 7) is 9.05. The molecule has 178 valence electrons. The summed E-state index contributed by atoms with van der Waals surface area (Å²) in [4.78, 5) is 41.5. The SMILES string of the molecule is Cc1ncc(CNC(=O)c2cc(CNC(=O)OC(C)(C)C)cc(-c3ccc(F)nc3C)n2)cn1. The highest BCUT2D eigenvalue weighted by molar-refractivity contribution is 5.93. The van der Waals surface area contributed by atoms with E-state index in [1.165, 1.54) is 6.07 Å². The number of hydrogen-bond acceptors (Lipinski definition) is 7. The highest BCUT2D eigenvalue weighted by Crippen LogP contribution is 2.22. The van der Waals surface area contributed by atoms with Crippen LogP contribution in [0.4, 0.5) is 9.18 Å². The van der Waals surface area contributed by atoms with Gasteiger partial charge in [-0.15, -0.1) is 0 Å². The van der Waals surface area contributed by atoms with E-state index in [-0.39, 0.29) is 18.8 Å². The fourth-order valence-electron chi connectivity index (χ4n) is 3.02. The molecule has 0 saturated carbocycles. The summed E-state index contributed by atoms with van der Waals surface area (Å²) in [6, 6.07) is 6.07. The molecule has 0 unspecified atom stereocenters. The van der Waals surface area contributed by atoms with Crippen LogP contribution in [0.15, 0.2) is 36.7 Å². The Hall–Kier alpha value is -3.95. The van der Waals surface area contributed by atoms with Gasteiger partial charge in [0.1, 0.15) is 17.1 Å². The number of aryl methyl sites for hydroxylation is 2. The van der Waals surface area contributed by atoms with Gasteiger partial charge >= 0.3 is 6.09 Å². The lowest BCUT2D eigenvalue weighted by Gasteiger charge is -2.20. The van der Waals surface area contributed by atoms with Gasteiger partial charge in [-0.05, 0) is 64.4 Å². The number of nitrogens with one attached hydrogen (secondary N) is 2. The topological polar surface area (TPSA) is 119 Å². The van der Waals surface area contributed by atoms with E-state index in [2.05, 4.69) is 30.6 Å². The number of carbonyl (C=O) groups excluding carboxylic acids is 2. The molecular formula is C24H27FN6O3. The lowest BCUT2D eigenvalue weighted by Crippen LogP contribution is -2.32. The van der Waals surface area contributed by atoms with Crippen molar-refractivity contribution in [2.45, 2.75) is 53.3 Å². The fourth-order valence-corrected chi connectivity index (χ4v) is 3.02. The van der Waals surface area contributed by atoms with Crippen LogP contribution in [0.1, 0.15) is 53.9 Å². The third-order valence-electron chi connectivity index (χ3n) is 4.57. The first-order chi connectivity index (χ1) is 16.0. The second-order valence-electron chi connectivity index (χ2n) is 8.69. The molecule has 3 rings (SSSR count). The number of pyridine rings is 2. The van der Waals surface area contributed by atoms with E-state index in [1.54, 1.807) is 65.2 Å². The fraction of sp³-hybridized carbons (Fsp3) is 0.333. The van der Waals surface area contributed by atoms with Crippen molar-refractivity contribution in [1.29, 1.82) is 0 Å². The number of hydrogen-bond donors (Lipinski definition) is 2. The molecule has 0 aliphatic rings. The normalized spacial score (nSPS) is 11.1. The zero-order valence-electron chi connectivity index (χ0n) is 19.8. The molecule has 0 radical (unpaired) electrons. The van der Waals surface area contributed by atoms with Gasteiger partial charge in [0.05, 0.1) is 5.69 Å². The minimum atomic E-state index is -0.644. The van der Waals surface area contributed by atoms with Gasteiger partial charge in [-0.25, -0.2) is 24.7 Å². The van der Waals surface area contributed by atoms with Crippen molar-refractivity contribution in [2.24, 2.45) is 0 Å². The minimum absolute atomic E-state index is 0.101. The maximum absolute atomic E-state index is 13.5. The van der Waals surface area contributed by atoms with Gasteiger partial charge in [0, 0.05) is 42.3 Å². The van der Waals surface area contributed by atoms with Gasteiger partial charge in [0.15, 0.2) is 0 Å². The number of carbonyl (C=O) groups is 2. The third kappa shape index (κ3) is 7.03. The molecule has 2 N–H and O–H groups in total. The first-order valence-electron chi connectivity index (χ1n) is 10.7. The number of rotatable bonds is 6. The average molecular weight is 467 g/mol. The maximum Gasteiger partial charge on any atom is 0.407 e. The summed E-state index contributed by atoms with van der Waals surface area (Å²) >= 11 is 0. The first-order valence-corrected chi connectivity index (χ1v) is 10.7. The minimum Gasteiger partial charge on any atom is -0.444 e. The van der Waals surface area contributed by atoms with Crippen LogP contribution < -0.4 is 10.6 Å². The van der Waals surface area contributed by atoms with Crippen LogP contribution in [0, 0.1) is 19.8 Å². The molecule has 3 aromatic rings. The van der Waals surface area contributed by atoms with Crippen LogP contribution in [0.2, 0.25) is 0 Å². The average Bonchev–Trinajstić information content (AvgIpc) is 2.76. The van der Waals surface area contributed by atoms with Crippen molar-refractivity contribution in [2.75, 3.05) is 0 Å². The molecule has 2 amide bonds. The Morgan fingerprint density at radius 1 is 0.971 bits per heavy atom. The zero-order chi connectivity index (χ0) is 24.9. The Labute approximate surface area is 197 Å². The quantitative estimate of drug-likeness (QED) is 0.532. The number of amides is 2. The lowest BCUT2D eigenvalue weighted by atomic mass is 10.1. The van der Waals surface area contributed by atoms with Crippen LogP contribution >= 0.6 is 0 Å². The Morgan fingerprint density at radius 3 is 2.29 bits per heavy atom. The molecule has 0 atom stereocenters.